The highest BCUT2D eigenvalue weighted by Crippen LogP contribution is 2.25. The molecule has 2 aromatic carbocycles. The summed E-state index contributed by atoms with van der Waals surface area (Å²) in [6, 6.07) is 20.3. The lowest BCUT2D eigenvalue weighted by atomic mass is 10.1. The number of hydrogen-bond acceptors (Lipinski definition) is 4. The van der Waals surface area contributed by atoms with Crippen LogP contribution in [0.3, 0.4) is 0 Å². The highest BCUT2D eigenvalue weighted by Gasteiger charge is 2.07. The van der Waals surface area contributed by atoms with Gasteiger partial charge in [0.05, 0.1) is 14.2 Å². The van der Waals surface area contributed by atoms with Gasteiger partial charge in [-0.3, -0.25) is 0 Å². The van der Waals surface area contributed by atoms with E-state index in [0.717, 1.165) is 57.5 Å². The number of aromatic nitrogens is 2. The summed E-state index contributed by atoms with van der Waals surface area (Å²) in [5, 5.41) is 2.17. The molecule has 4 heteroatoms. The Hall–Kier alpha value is -3.14. The molecule has 0 radical (unpaired) electrons. The summed E-state index contributed by atoms with van der Waals surface area (Å²) in [6.07, 6.45) is 1.64. The van der Waals surface area contributed by atoms with Gasteiger partial charge in [0, 0.05) is 22.2 Å². The Labute approximate surface area is 152 Å². The monoisotopic (exact) mass is 344 g/mol. The predicted octanol–water partition coefficient (Wildman–Crippen LogP) is 4.59. The molecule has 0 saturated carbocycles. The molecule has 130 valence electrons. The number of benzene rings is 2. The first-order chi connectivity index (χ1) is 12.8. The van der Waals surface area contributed by atoms with Crippen LogP contribution in [0.15, 0.2) is 60.7 Å². The first-order valence-electron chi connectivity index (χ1n) is 8.64. The van der Waals surface area contributed by atoms with Crippen molar-refractivity contribution in [2.75, 3.05) is 14.2 Å². The van der Waals surface area contributed by atoms with Crippen molar-refractivity contribution in [2.24, 2.45) is 0 Å². The van der Waals surface area contributed by atoms with E-state index in [2.05, 4.69) is 24.3 Å². The van der Waals surface area contributed by atoms with Gasteiger partial charge in [0.2, 0.25) is 0 Å². The molecule has 0 atom stereocenters. The van der Waals surface area contributed by atoms with Gasteiger partial charge in [0.1, 0.15) is 22.5 Å². The molecule has 0 aliphatic carbocycles. The van der Waals surface area contributed by atoms with Crippen molar-refractivity contribution < 1.29 is 9.47 Å². The minimum absolute atomic E-state index is 0.804. The SMILES string of the molecule is COc1cccc2ccc(CCc3ccc4cccc(OC)c4n3)nc12. The van der Waals surface area contributed by atoms with E-state index in [1.807, 2.05) is 36.4 Å². The molecule has 0 aliphatic heterocycles. The van der Waals surface area contributed by atoms with Crippen LogP contribution in [0, 0.1) is 0 Å². The Bertz CT molecular complexity index is 989. The van der Waals surface area contributed by atoms with E-state index in [1.165, 1.54) is 0 Å². The standard InChI is InChI=1S/C22H20N2O2/c1-25-19-7-3-5-15-9-11-17(23-21(15)19)13-14-18-12-10-16-6-4-8-20(26-2)22(16)24-18/h3-12H,13-14H2,1-2H3. The topological polar surface area (TPSA) is 44.2 Å². The Morgan fingerprint density at radius 3 is 1.50 bits per heavy atom. The molecule has 0 saturated heterocycles. The molecular weight excluding hydrogens is 324 g/mol. The number of pyridine rings is 2. The fourth-order valence-electron chi connectivity index (χ4n) is 3.18. The number of rotatable bonds is 5. The van der Waals surface area contributed by atoms with Gasteiger partial charge in [0.25, 0.3) is 0 Å². The molecule has 0 N–H and O–H groups in total. The van der Waals surface area contributed by atoms with Gasteiger partial charge >= 0.3 is 0 Å². The van der Waals surface area contributed by atoms with Crippen molar-refractivity contribution in [1.82, 2.24) is 9.97 Å². The number of hydrogen-bond donors (Lipinski definition) is 0. The maximum absolute atomic E-state index is 5.43. The van der Waals surface area contributed by atoms with Gasteiger partial charge < -0.3 is 9.47 Å². The van der Waals surface area contributed by atoms with Gasteiger partial charge in [-0.05, 0) is 37.1 Å². The van der Waals surface area contributed by atoms with Crippen LogP contribution in [0.4, 0.5) is 0 Å². The van der Waals surface area contributed by atoms with Crippen LogP contribution >= 0.6 is 0 Å². The third-order valence-electron chi connectivity index (χ3n) is 4.56. The second-order valence-electron chi connectivity index (χ2n) is 6.17. The van der Waals surface area contributed by atoms with Crippen LogP contribution in [-0.4, -0.2) is 24.2 Å². The molecule has 0 amide bonds. The van der Waals surface area contributed by atoms with E-state index in [1.54, 1.807) is 14.2 Å². The van der Waals surface area contributed by atoms with E-state index in [0.29, 0.717) is 0 Å². The molecule has 2 aromatic heterocycles. The summed E-state index contributed by atoms with van der Waals surface area (Å²) in [5.74, 6) is 1.61. The second kappa shape index (κ2) is 7.00. The zero-order valence-corrected chi connectivity index (χ0v) is 14.9. The zero-order valence-electron chi connectivity index (χ0n) is 14.9. The van der Waals surface area contributed by atoms with E-state index in [9.17, 15) is 0 Å². The predicted molar refractivity (Wildman–Crippen MR) is 104 cm³/mol. The van der Waals surface area contributed by atoms with Gasteiger partial charge in [0.15, 0.2) is 0 Å². The van der Waals surface area contributed by atoms with Crippen molar-refractivity contribution in [2.45, 2.75) is 12.8 Å². The minimum Gasteiger partial charge on any atom is -0.494 e. The quantitative estimate of drug-likeness (QED) is 0.531. The number of para-hydroxylation sites is 2. The largest absolute Gasteiger partial charge is 0.494 e. The molecule has 4 aromatic rings. The van der Waals surface area contributed by atoms with Crippen molar-refractivity contribution >= 4 is 21.8 Å². The fraction of sp³-hybridized carbons (Fsp3) is 0.182. The number of fused-ring (bicyclic) bond motifs is 2. The smallest absolute Gasteiger partial charge is 0.145 e. The van der Waals surface area contributed by atoms with Gasteiger partial charge in [-0.15, -0.1) is 0 Å². The molecule has 0 bridgehead atoms. The highest BCUT2D eigenvalue weighted by atomic mass is 16.5. The first-order valence-corrected chi connectivity index (χ1v) is 8.64. The molecule has 2 heterocycles. The first kappa shape index (κ1) is 16.3. The Morgan fingerprint density at radius 1 is 0.615 bits per heavy atom. The van der Waals surface area contributed by atoms with Gasteiger partial charge in [-0.25, -0.2) is 9.97 Å². The van der Waals surface area contributed by atoms with Crippen LogP contribution in [0.1, 0.15) is 11.4 Å². The molecule has 4 rings (SSSR count). The molecule has 0 unspecified atom stereocenters. The zero-order chi connectivity index (χ0) is 17.9. The molecule has 0 spiro atoms. The van der Waals surface area contributed by atoms with Crippen molar-refractivity contribution in [3.8, 4) is 11.5 Å². The average molecular weight is 344 g/mol. The maximum Gasteiger partial charge on any atom is 0.145 e. The third-order valence-corrected chi connectivity index (χ3v) is 4.56. The fourth-order valence-corrected chi connectivity index (χ4v) is 3.18. The summed E-state index contributed by atoms with van der Waals surface area (Å²) in [7, 11) is 3.35. The van der Waals surface area contributed by atoms with E-state index in [-0.39, 0.29) is 0 Å². The summed E-state index contributed by atoms with van der Waals surface area (Å²) in [4.78, 5) is 9.56. The Kier molecular flexibility index (Phi) is 4.40. The lowest BCUT2D eigenvalue weighted by Gasteiger charge is -2.08. The summed E-state index contributed by atoms with van der Waals surface area (Å²) in [6.45, 7) is 0. The molecule has 0 aliphatic rings. The maximum atomic E-state index is 5.43. The Morgan fingerprint density at radius 2 is 1.08 bits per heavy atom. The number of nitrogens with zero attached hydrogens (tertiary/aromatic N) is 2. The Balaban J connectivity index is 1.61. The normalized spacial score (nSPS) is 11.0. The van der Waals surface area contributed by atoms with Crippen LogP contribution in [0.25, 0.3) is 21.8 Å². The van der Waals surface area contributed by atoms with Crippen molar-refractivity contribution in [3.05, 3.63) is 72.1 Å². The van der Waals surface area contributed by atoms with Crippen LogP contribution in [0.2, 0.25) is 0 Å². The van der Waals surface area contributed by atoms with Crippen LogP contribution in [0.5, 0.6) is 11.5 Å². The van der Waals surface area contributed by atoms with Crippen molar-refractivity contribution in [3.63, 3.8) is 0 Å². The second-order valence-corrected chi connectivity index (χ2v) is 6.17. The molecule has 4 nitrogen and oxygen atoms in total. The van der Waals surface area contributed by atoms with Crippen LogP contribution < -0.4 is 9.47 Å². The molecule has 26 heavy (non-hydrogen) atoms. The average Bonchev–Trinajstić information content (AvgIpc) is 2.71. The van der Waals surface area contributed by atoms with E-state index < -0.39 is 0 Å². The highest BCUT2D eigenvalue weighted by molar-refractivity contribution is 5.85. The van der Waals surface area contributed by atoms with E-state index >= 15 is 0 Å². The third kappa shape index (κ3) is 3.06. The summed E-state index contributed by atoms with van der Waals surface area (Å²) < 4.78 is 10.9. The lowest BCUT2D eigenvalue weighted by molar-refractivity contribution is 0.418. The summed E-state index contributed by atoms with van der Waals surface area (Å²) in [5.41, 5.74) is 3.87. The number of ether oxygens (including phenoxy) is 2. The summed E-state index contributed by atoms with van der Waals surface area (Å²) >= 11 is 0. The number of aryl methyl sites for hydroxylation is 2. The van der Waals surface area contributed by atoms with E-state index in [4.69, 9.17) is 19.4 Å². The van der Waals surface area contributed by atoms with Gasteiger partial charge in [-0.1, -0.05) is 36.4 Å². The van der Waals surface area contributed by atoms with Crippen LogP contribution in [-0.2, 0) is 12.8 Å². The van der Waals surface area contributed by atoms with Gasteiger partial charge in [-0.2, -0.15) is 0 Å². The number of methoxy groups -OCH3 is 2. The molecular formula is C22H20N2O2. The lowest BCUT2D eigenvalue weighted by Crippen LogP contribution is -1.99. The molecule has 0 fully saturated rings. The minimum atomic E-state index is 0.804. The van der Waals surface area contributed by atoms with Crippen molar-refractivity contribution in [1.29, 1.82) is 0 Å².